The van der Waals surface area contributed by atoms with Crippen molar-refractivity contribution in [3.8, 4) is 39.1 Å². The SMILES string of the molecule is [C-]#[N+]c1cccc(-c2ccc3c4ccccc4n(-c4cccc5c4C(=O)N(c4cc(-c6ccccc6)ccc4-c4ccccc4)C5=O)c3c2)c1. The molecule has 0 spiro atoms. The largest absolute Gasteiger partial charge is 0.308 e. The predicted molar refractivity (Wildman–Crippen MR) is 201 cm³/mol. The summed E-state index contributed by atoms with van der Waals surface area (Å²) in [5.41, 5.74) is 9.81. The van der Waals surface area contributed by atoms with E-state index >= 15 is 0 Å². The molecule has 5 heteroatoms. The van der Waals surface area contributed by atoms with E-state index in [1.807, 2.05) is 127 Å². The molecule has 5 nitrogen and oxygen atoms in total. The zero-order chi connectivity index (χ0) is 33.8. The highest BCUT2D eigenvalue weighted by atomic mass is 16.2. The summed E-state index contributed by atoms with van der Waals surface area (Å²) < 4.78 is 2.10. The highest BCUT2D eigenvalue weighted by Gasteiger charge is 2.40. The number of rotatable bonds is 5. The Morgan fingerprint density at radius 3 is 1.88 bits per heavy atom. The second-order valence-corrected chi connectivity index (χ2v) is 12.4. The number of fused-ring (bicyclic) bond motifs is 4. The number of hydrogen-bond acceptors (Lipinski definition) is 2. The molecule has 0 saturated carbocycles. The molecule has 0 radical (unpaired) electrons. The van der Waals surface area contributed by atoms with Crippen LogP contribution in [0.15, 0.2) is 164 Å². The molecular formula is C45H27N3O2. The van der Waals surface area contributed by atoms with Gasteiger partial charge in [0.2, 0.25) is 0 Å². The normalized spacial score (nSPS) is 12.4. The molecule has 0 unspecified atom stereocenters. The van der Waals surface area contributed by atoms with Gasteiger partial charge in [-0.1, -0.05) is 127 Å². The Morgan fingerprint density at radius 1 is 0.440 bits per heavy atom. The molecule has 234 valence electrons. The quantitative estimate of drug-likeness (QED) is 0.139. The molecular weight excluding hydrogens is 615 g/mol. The van der Waals surface area contributed by atoms with Crippen molar-refractivity contribution in [2.24, 2.45) is 0 Å². The Morgan fingerprint density at radius 2 is 1.08 bits per heavy atom. The Balaban J connectivity index is 1.25. The summed E-state index contributed by atoms with van der Waals surface area (Å²) in [5, 5.41) is 2.07. The molecule has 0 atom stereocenters. The van der Waals surface area contributed by atoms with Gasteiger partial charge < -0.3 is 4.57 Å². The number of hydrogen-bond donors (Lipinski definition) is 0. The van der Waals surface area contributed by atoms with Gasteiger partial charge in [0.1, 0.15) is 0 Å². The number of benzene rings is 7. The number of nitrogens with zero attached hydrogens (tertiary/aromatic N) is 3. The Bertz CT molecular complexity index is 2700. The molecule has 0 aliphatic carbocycles. The number of carbonyl (C=O) groups excluding carboxylic acids is 2. The van der Waals surface area contributed by atoms with Crippen LogP contribution < -0.4 is 4.90 Å². The van der Waals surface area contributed by atoms with Gasteiger partial charge in [-0.3, -0.25) is 9.59 Å². The molecule has 7 aromatic carbocycles. The van der Waals surface area contributed by atoms with E-state index in [0.29, 0.717) is 28.2 Å². The van der Waals surface area contributed by atoms with E-state index in [9.17, 15) is 9.59 Å². The third-order valence-corrected chi connectivity index (χ3v) is 9.55. The van der Waals surface area contributed by atoms with Gasteiger partial charge in [0.05, 0.1) is 40.1 Å². The predicted octanol–water partition coefficient (Wildman–Crippen LogP) is 11.1. The van der Waals surface area contributed by atoms with Crippen LogP contribution in [-0.4, -0.2) is 16.4 Å². The Kier molecular flexibility index (Phi) is 6.75. The average molecular weight is 642 g/mol. The summed E-state index contributed by atoms with van der Waals surface area (Å²) in [4.78, 5) is 34.3. The molecule has 0 N–H and O–H groups in total. The van der Waals surface area contributed by atoms with Crippen LogP contribution in [0.5, 0.6) is 0 Å². The molecule has 50 heavy (non-hydrogen) atoms. The smallest absolute Gasteiger partial charge is 0.268 e. The minimum atomic E-state index is -0.366. The summed E-state index contributed by atoms with van der Waals surface area (Å²) in [7, 11) is 0. The summed E-state index contributed by atoms with van der Waals surface area (Å²) >= 11 is 0. The zero-order valence-electron chi connectivity index (χ0n) is 26.7. The summed E-state index contributed by atoms with van der Waals surface area (Å²) in [6.07, 6.45) is 0. The molecule has 2 heterocycles. The van der Waals surface area contributed by atoms with Gasteiger partial charge >= 0.3 is 0 Å². The average Bonchev–Trinajstić information content (AvgIpc) is 3.65. The number of para-hydroxylation sites is 1. The van der Waals surface area contributed by atoms with Gasteiger partial charge in [-0.15, -0.1) is 0 Å². The fourth-order valence-corrected chi connectivity index (χ4v) is 7.23. The van der Waals surface area contributed by atoms with Crippen LogP contribution in [0.25, 0.3) is 65.7 Å². The second kappa shape index (κ2) is 11.6. The number of amides is 2. The first kappa shape index (κ1) is 29.1. The molecule has 1 aliphatic heterocycles. The topological polar surface area (TPSA) is 46.7 Å². The maximum Gasteiger partial charge on any atom is 0.268 e. The lowest BCUT2D eigenvalue weighted by Crippen LogP contribution is -2.30. The van der Waals surface area contributed by atoms with E-state index in [-0.39, 0.29) is 11.8 Å². The third-order valence-electron chi connectivity index (χ3n) is 9.55. The van der Waals surface area contributed by atoms with Crippen LogP contribution in [0.4, 0.5) is 11.4 Å². The first-order valence-electron chi connectivity index (χ1n) is 16.4. The molecule has 1 aromatic heterocycles. The fourth-order valence-electron chi connectivity index (χ4n) is 7.23. The van der Waals surface area contributed by atoms with E-state index in [1.54, 1.807) is 12.1 Å². The van der Waals surface area contributed by atoms with Crippen LogP contribution in [0, 0.1) is 6.57 Å². The Hall–Kier alpha value is -7.03. The van der Waals surface area contributed by atoms with Crippen LogP contribution in [0.1, 0.15) is 20.7 Å². The van der Waals surface area contributed by atoms with Gasteiger partial charge in [-0.25, -0.2) is 9.74 Å². The van der Waals surface area contributed by atoms with Gasteiger partial charge in [0, 0.05) is 16.3 Å². The van der Waals surface area contributed by atoms with Crippen molar-refractivity contribution in [1.82, 2.24) is 4.57 Å². The van der Waals surface area contributed by atoms with Crippen molar-refractivity contribution >= 4 is 45.0 Å². The molecule has 2 amide bonds. The minimum Gasteiger partial charge on any atom is -0.308 e. The second-order valence-electron chi connectivity index (χ2n) is 12.4. The third kappa shape index (κ3) is 4.55. The van der Waals surface area contributed by atoms with E-state index in [1.165, 1.54) is 4.90 Å². The molecule has 0 bridgehead atoms. The van der Waals surface area contributed by atoms with Crippen LogP contribution in [-0.2, 0) is 0 Å². The van der Waals surface area contributed by atoms with Gasteiger partial charge in [0.15, 0.2) is 5.69 Å². The van der Waals surface area contributed by atoms with Crippen molar-refractivity contribution in [3.05, 3.63) is 186 Å². The standard InChI is InChI=1S/C45H27N3O2/c1-46-34-17-10-16-31(26-34)33-23-25-37-36-18-8-9-20-39(36)47(42(37)28-33)40-21-11-19-38-43(40)45(50)48(44(38)49)41-27-32(29-12-4-2-5-13-29)22-24-35(41)30-14-6-3-7-15-30/h2-28H. The summed E-state index contributed by atoms with van der Waals surface area (Å²) in [6.45, 7) is 7.51. The van der Waals surface area contributed by atoms with Crippen LogP contribution in [0.2, 0.25) is 0 Å². The van der Waals surface area contributed by atoms with E-state index in [4.69, 9.17) is 6.57 Å². The van der Waals surface area contributed by atoms with E-state index < -0.39 is 0 Å². The molecule has 8 aromatic rings. The Labute approximate surface area is 288 Å². The number of anilines is 1. The number of aromatic nitrogens is 1. The molecule has 9 rings (SSSR count). The summed E-state index contributed by atoms with van der Waals surface area (Å²) in [5.74, 6) is -0.721. The molecule has 0 saturated heterocycles. The first-order chi connectivity index (χ1) is 24.6. The van der Waals surface area contributed by atoms with Crippen LogP contribution >= 0.6 is 0 Å². The number of imide groups is 1. The highest BCUT2D eigenvalue weighted by molar-refractivity contribution is 6.36. The maximum absolute atomic E-state index is 14.8. The lowest BCUT2D eigenvalue weighted by atomic mass is 9.97. The lowest BCUT2D eigenvalue weighted by Gasteiger charge is -2.20. The van der Waals surface area contributed by atoms with Crippen molar-refractivity contribution in [2.45, 2.75) is 0 Å². The fraction of sp³-hybridized carbons (Fsp3) is 0. The van der Waals surface area contributed by atoms with Gasteiger partial charge in [-0.2, -0.15) is 0 Å². The van der Waals surface area contributed by atoms with Crippen molar-refractivity contribution < 1.29 is 9.59 Å². The van der Waals surface area contributed by atoms with Gasteiger partial charge in [0.25, 0.3) is 11.8 Å². The lowest BCUT2D eigenvalue weighted by molar-refractivity contribution is 0.0926. The first-order valence-corrected chi connectivity index (χ1v) is 16.4. The minimum absolute atomic E-state index is 0.355. The van der Waals surface area contributed by atoms with E-state index in [0.717, 1.165) is 55.2 Å². The van der Waals surface area contributed by atoms with Crippen molar-refractivity contribution in [1.29, 1.82) is 0 Å². The van der Waals surface area contributed by atoms with Gasteiger partial charge in [-0.05, 0) is 64.2 Å². The van der Waals surface area contributed by atoms with Crippen molar-refractivity contribution in [3.63, 3.8) is 0 Å². The van der Waals surface area contributed by atoms with E-state index in [2.05, 4.69) is 33.7 Å². The number of carbonyl (C=O) groups is 2. The molecule has 1 aliphatic rings. The summed E-state index contributed by atoms with van der Waals surface area (Å²) in [6, 6.07) is 53.3. The molecule has 0 fully saturated rings. The monoisotopic (exact) mass is 641 g/mol. The maximum atomic E-state index is 14.8. The van der Waals surface area contributed by atoms with Crippen molar-refractivity contribution in [2.75, 3.05) is 4.90 Å². The zero-order valence-corrected chi connectivity index (χ0v) is 26.7. The van der Waals surface area contributed by atoms with Crippen LogP contribution in [0.3, 0.4) is 0 Å². The highest BCUT2D eigenvalue weighted by Crippen LogP contribution is 2.42.